The SMILES string of the molecule is CCCOc1ccc(C2C(=C(O)c3ccc(F)cc3)C(=O)C(=O)N2CCN(CC)CC)cc1OCC. The van der Waals surface area contributed by atoms with Crippen molar-refractivity contribution in [2.24, 2.45) is 0 Å². The molecule has 0 spiro atoms. The number of carbonyl (C=O) groups excluding carboxylic acids is 2. The molecular formula is C28H35FN2O5. The Hall–Kier alpha value is -3.39. The Balaban J connectivity index is 2.13. The fraction of sp³-hybridized carbons (Fsp3) is 0.429. The molecule has 0 bridgehead atoms. The van der Waals surface area contributed by atoms with E-state index in [1.165, 1.54) is 29.2 Å². The van der Waals surface area contributed by atoms with Crippen molar-refractivity contribution in [2.45, 2.75) is 40.2 Å². The molecule has 1 amide bonds. The van der Waals surface area contributed by atoms with Gasteiger partial charge in [0.05, 0.1) is 24.8 Å². The van der Waals surface area contributed by atoms with Crippen molar-refractivity contribution in [2.75, 3.05) is 39.4 Å². The summed E-state index contributed by atoms with van der Waals surface area (Å²) in [5.74, 6) is -1.19. The van der Waals surface area contributed by atoms with Crippen LogP contribution in [-0.4, -0.2) is 66.0 Å². The maximum absolute atomic E-state index is 13.5. The summed E-state index contributed by atoms with van der Waals surface area (Å²) in [6, 6.07) is 9.65. The van der Waals surface area contributed by atoms with Gasteiger partial charge in [-0.1, -0.05) is 26.8 Å². The quantitative estimate of drug-likeness (QED) is 0.258. The van der Waals surface area contributed by atoms with E-state index in [4.69, 9.17) is 9.47 Å². The van der Waals surface area contributed by atoms with E-state index >= 15 is 0 Å². The molecule has 0 aliphatic carbocycles. The lowest BCUT2D eigenvalue weighted by atomic mass is 9.95. The molecule has 1 atom stereocenters. The number of nitrogens with zero attached hydrogens (tertiary/aromatic N) is 2. The van der Waals surface area contributed by atoms with Crippen molar-refractivity contribution in [3.05, 3.63) is 65.0 Å². The Morgan fingerprint density at radius 2 is 1.69 bits per heavy atom. The number of hydrogen-bond donors (Lipinski definition) is 1. The first-order valence-electron chi connectivity index (χ1n) is 12.5. The van der Waals surface area contributed by atoms with Crippen molar-refractivity contribution in [3.8, 4) is 11.5 Å². The number of halogens is 1. The molecule has 2 aromatic carbocycles. The monoisotopic (exact) mass is 498 g/mol. The van der Waals surface area contributed by atoms with Crippen molar-refractivity contribution in [1.82, 2.24) is 9.80 Å². The maximum Gasteiger partial charge on any atom is 0.295 e. The zero-order valence-corrected chi connectivity index (χ0v) is 21.4. The average molecular weight is 499 g/mol. The summed E-state index contributed by atoms with van der Waals surface area (Å²) in [5, 5.41) is 11.2. The third kappa shape index (κ3) is 5.87. The van der Waals surface area contributed by atoms with Gasteiger partial charge in [-0.2, -0.15) is 0 Å². The molecule has 1 saturated heterocycles. The number of hydrogen-bond acceptors (Lipinski definition) is 6. The van der Waals surface area contributed by atoms with Crippen LogP contribution >= 0.6 is 0 Å². The Morgan fingerprint density at radius 3 is 2.31 bits per heavy atom. The molecule has 1 aliphatic heterocycles. The highest BCUT2D eigenvalue weighted by Crippen LogP contribution is 2.42. The molecule has 0 aromatic heterocycles. The van der Waals surface area contributed by atoms with Crippen molar-refractivity contribution in [3.63, 3.8) is 0 Å². The normalized spacial score (nSPS) is 17.2. The molecule has 3 rings (SSSR count). The van der Waals surface area contributed by atoms with Crippen LogP contribution in [0.1, 0.15) is 51.3 Å². The molecule has 7 nitrogen and oxygen atoms in total. The van der Waals surface area contributed by atoms with Crippen LogP contribution in [0.25, 0.3) is 5.76 Å². The van der Waals surface area contributed by atoms with Gasteiger partial charge in [-0.3, -0.25) is 9.59 Å². The second-order valence-corrected chi connectivity index (χ2v) is 8.51. The van der Waals surface area contributed by atoms with Crippen LogP contribution < -0.4 is 9.47 Å². The number of amides is 1. The number of aliphatic hydroxyl groups is 1. The molecule has 1 N–H and O–H groups in total. The number of likely N-dealkylation sites (N-methyl/N-ethyl adjacent to an activating group) is 1. The molecule has 1 heterocycles. The summed E-state index contributed by atoms with van der Waals surface area (Å²) in [7, 11) is 0. The number of carbonyl (C=O) groups is 2. The predicted molar refractivity (Wildman–Crippen MR) is 137 cm³/mol. The van der Waals surface area contributed by atoms with Crippen LogP contribution in [0.4, 0.5) is 4.39 Å². The van der Waals surface area contributed by atoms with Gasteiger partial charge in [-0.05, 0) is 68.4 Å². The third-order valence-corrected chi connectivity index (χ3v) is 6.25. The number of aliphatic hydroxyl groups excluding tert-OH is 1. The fourth-order valence-corrected chi connectivity index (χ4v) is 4.30. The molecule has 8 heteroatoms. The van der Waals surface area contributed by atoms with Gasteiger partial charge >= 0.3 is 0 Å². The summed E-state index contributed by atoms with van der Waals surface area (Å²) >= 11 is 0. The molecule has 0 saturated carbocycles. The van der Waals surface area contributed by atoms with Crippen molar-refractivity contribution in [1.29, 1.82) is 0 Å². The summed E-state index contributed by atoms with van der Waals surface area (Å²) in [4.78, 5) is 30.1. The van der Waals surface area contributed by atoms with Crippen LogP contribution in [-0.2, 0) is 9.59 Å². The minimum absolute atomic E-state index is 0.0316. The lowest BCUT2D eigenvalue weighted by Crippen LogP contribution is -2.38. The van der Waals surface area contributed by atoms with Crippen molar-refractivity contribution >= 4 is 17.4 Å². The minimum atomic E-state index is -0.829. The lowest BCUT2D eigenvalue weighted by molar-refractivity contribution is -0.140. The highest BCUT2D eigenvalue weighted by molar-refractivity contribution is 6.46. The van der Waals surface area contributed by atoms with Crippen molar-refractivity contribution < 1.29 is 28.6 Å². The van der Waals surface area contributed by atoms with Gasteiger partial charge in [-0.15, -0.1) is 0 Å². The molecule has 2 aromatic rings. The van der Waals surface area contributed by atoms with Gasteiger partial charge < -0.3 is 24.4 Å². The fourth-order valence-electron chi connectivity index (χ4n) is 4.30. The number of likely N-dealkylation sites (tertiary alicyclic amines) is 1. The van der Waals surface area contributed by atoms with Gasteiger partial charge in [0.15, 0.2) is 11.5 Å². The number of ketones is 1. The Morgan fingerprint density at radius 1 is 1.00 bits per heavy atom. The smallest absolute Gasteiger partial charge is 0.295 e. The Labute approximate surface area is 212 Å². The van der Waals surface area contributed by atoms with Crippen LogP contribution in [0.15, 0.2) is 48.0 Å². The lowest BCUT2D eigenvalue weighted by Gasteiger charge is -2.28. The summed E-state index contributed by atoms with van der Waals surface area (Å²) in [6.07, 6.45) is 0.830. The van der Waals surface area contributed by atoms with Gasteiger partial charge in [0, 0.05) is 18.7 Å². The first-order chi connectivity index (χ1) is 17.4. The average Bonchev–Trinajstić information content (AvgIpc) is 3.13. The van der Waals surface area contributed by atoms with Crippen LogP contribution in [0.3, 0.4) is 0 Å². The van der Waals surface area contributed by atoms with Gasteiger partial charge in [0.2, 0.25) is 0 Å². The summed E-state index contributed by atoms with van der Waals surface area (Å²) in [5.41, 5.74) is 0.844. The van der Waals surface area contributed by atoms with E-state index < -0.39 is 23.5 Å². The molecule has 1 unspecified atom stereocenters. The van der Waals surface area contributed by atoms with Gasteiger partial charge in [0.1, 0.15) is 11.6 Å². The summed E-state index contributed by atoms with van der Waals surface area (Å²) < 4.78 is 25.1. The van der Waals surface area contributed by atoms with E-state index in [0.717, 1.165) is 19.5 Å². The van der Waals surface area contributed by atoms with Gasteiger partial charge in [0.25, 0.3) is 11.7 Å². The van der Waals surface area contributed by atoms with Crippen LogP contribution in [0.2, 0.25) is 0 Å². The largest absolute Gasteiger partial charge is 0.507 e. The Bertz CT molecular complexity index is 1100. The summed E-state index contributed by atoms with van der Waals surface area (Å²) in [6.45, 7) is 11.3. The van der Waals surface area contributed by atoms with E-state index in [1.54, 1.807) is 18.2 Å². The molecule has 194 valence electrons. The molecule has 1 aliphatic rings. The highest BCUT2D eigenvalue weighted by atomic mass is 19.1. The first kappa shape index (κ1) is 27.2. The number of rotatable bonds is 12. The third-order valence-electron chi connectivity index (χ3n) is 6.25. The topological polar surface area (TPSA) is 79.3 Å². The van der Waals surface area contributed by atoms with E-state index in [-0.39, 0.29) is 16.9 Å². The van der Waals surface area contributed by atoms with E-state index in [2.05, 4.69) is 4.90 Å². The van der Waals surface area contributed by atoms with Crippen LogP contribution in [0, 0.1) is 5.82 Å². The predicted octanol–water partition coefficient (Wildman–Crippen LogP) is 4.78. The first-order valence-corrected chi connectivity index (χ1v) is 12.5. The van der Waals surface area contributed by atoms with Gasteiger partial charge in [-0.25, -0.2) is 4.39 Å². The molecule has 1 fully saturated rings. The van der Waals surface area contributed by atoms with Crippen LogP contribution in [0.5, 0.6) is 11.5 Å². The zero-order valence-electron chi connectivity index (χ0n) is 21.4. The number of benzene rings is 2. The Kier molecular flexibility index (Phi) is 9.47. The second-order valence-electron chi connectivity index (χ2n) is 8.51. The standard InChI is InChI=1S/C28H35FN2O5/c1-5-17-36-22-14-11-20(18-23(22)35-8-4)25-24(26(32)19-9-12-21(29)13-10-19)27(33)28(34)31(25)16-15-30(6-2)7-3/h9-14,18,25,32H,5-8,15-17H2,1-4H3. The van der Waals surface area contributed by atoms with E-state index in [0.29, 0.717) is 43.4 Å². The second kappa shape index (κ2) is 12.5. The number of Topliss-reactive ketones (excluding diaryl/α,β-unsaturated/α-hetero) is 1. The highest BCUT2D eigenvalue weighted by Gasteiger charge is 2.46. The van der Waals surface area contributed by atoms with E-state index in [1.807, 2.05) is 27.7 Å². The number of ether oxygens (including phenoxy) is 2. The molecule has 0 radical (unpaired) electrons. The minimum Gasteiger partial charge on any atom is -0.507 e. The molecule has 36 heavy (non-hydrogen) atoms. The maximum atomic E-state index is 13.5. The molecular weight excluding hydrogens is 463 g/mol. The zero-order chi connectivity index (χ0) is 26.2. The van der Waals surface area contributed by atoms with E-state index in [9.17, 15) is 19.1 Å².